The molecule has 2 aromatic carbocycles. The number of hydrogen-bond donors (Lipinski definition) is 2. The molecule has 140 valence electrons. The Morgan fingerprint density at radius 3 is 2.41 bits per heavy atom. The van der Waals surface area contributed by atoms with Gasteiger partial charge in [-0.2, -0.15) is 9.90 Å². The van der Waals surface area contributed by atoms with Gasteiger partial charge in [0.1, 0.15) is 18.0 Å². The normalized spacial score (nSPS) is 11.0. The molecule has 2 N–H and O–H groups in total. The Labute approximate surface area is 156 Å². The number of amides is 1. The monoisotopic (exact) mass is 387 g/mol. The SMILES string of the molecule is CS(=O)(=O)Nc1cnn(CC(=O)Nc2ccc(Oc3ccccc3)cc2)n1. The number of hydrogen-bond acceptors (Lipinski definition) is 6. The van der Waals surface area contributed by atoms with E-state index >= 15 is 0 Å². The van der Waals surface area contributed by atoms with Crippen LogP contribution in [0.1, 0.15) is 0 Å². The molecule has 0 bridgehead atoms. The number of benzene rings is 2. The van der Waals surface area contributed by atoms with E-state index in [2.05, 4.69) is 20.2 Å². The van der Waals surface area contributed by atoms with Gasteiger partial charge in [0.15, 0.2) is 5.82 Å². The highest BCUT2D eigenvalue weighted by atomic mass is 32.2. The number of ether oxygens (including phenoxy) is 1. The zero-order chi connectivity index (χ0) is 19.3. The van der Waals surface area contributed by atoms with Crippen LogP contribution in [0.2, 0.25) is 0 Å². The van der Waals surface area contributed by atoms with Gasteiger partial charge in [0.25, 0.3) is 0 Å². The maximum absolute atomic E-state index is 12.1. The Bertz CT molecular complexity index is 1020. The van der Waals surface area contributed by atoms with Crippen molar-refractivity contribution in [2.45, 2.75) is 6.54 Å². The fourth-order valence-corrected chi connectivity index (χ4v) is 2.64. The van der Waals surface area contributed by atoms with Crippen molar-refractivity contribution in [2.24, 2.45) is 0 Å². The molecular weight excluding hydrogens is 370 g/mol. The third-order valence-corrected chi connectivity index (χ3v) is 3.81. The third kappa shape index (κ3) is 5.82. The van der Waals surface area contributed by atoms with E-state index in [0.717, 1.165) is 16.8 Å². The Balaban J connectivity index is 1.55. The number of nitrogens with zero attached hydrogens (tertiary/aromatic N) is 3. The Hall–Kier alpha value is -3.40. The molecule has 0 saturated heterocycles. The van der Waals surface area contributed by atoms with Crippen molar-refractivity contribution >= 4 is 27.4 Å². The van der Waals surface area contributed by atoms with Crippen molar-refractivity contribution in [3.63, 3.8) is 0 Å². The second-order valence-electron chi connectivity index (χ2n) is 5.62. The molecular formula is C17H17N5O4S. The van der Waals surface area contributed by atoms with Gasteiger partial charge in [-0.05, 0) is 36.4 Å². The zero-order valence-corrected chi connectivity index (χ0v) is 15.2. The van der Waals surface area contributed by atoms with Crippen LogP contribution in [-0.2, 0) is 21.4 Å². The second-order valence-corrected chi connectivity index (χ2v) is 7.37. The predicted octanol–water partition coefficient (Wildman–Crippen LogP) is 2.08. The van der Waals surface area contributed by atoms with Gasteiger partial charge in [-0.3, -0.25) is 9.52 Å². The topological polar surface area (TPSA) is 115 Å². The van der Waals surface area contributed by atoms with Crippen LogP contribution >= 0.6 is 0 Å². The number of nitrogens with one attached hydrogen (secondary N) is 2. The zero-order valence-electron chi connectivity index (χ0n) is 14.4. The Morgan fingerprint density at radius 2 is 1.74 bits per heavy atom. The molecule has 3 rings (SSSR count). The van der Waals surface area contributed by atoms with E-state index in [1.54, 1.807) is 24.3 Å². The highest BCUT2D eigenvalue weighted by Crippen LogP contribution is 2.22. The van der Waals surface area contributed by atoms with Crippen LogP contribution in [0.3, 0.4) is 0 Å². The van der Waals surface area contributed by atoms with Crippen LogP contribution in [-0.4, -0.2) is 35.6 Å². The van der Waals surface area contributed by atoms with Gasteiger partial charge in [-0.25, -0.2) is 8.42 Å². The molecule has 1 aromatic heterocycles. The number of sulfonamides is 1. The second kappa shape index (κ2) is 7.87. The van der Waals surface area contributed by atoms with E-state index in [4.69, 9.17) is 4.74 Å². The largest absolute Gasteiger partial charge is 0.457 e. The Morgan fingerprint density at radius 1 is 1.07 bits per heavy atom. The van der Waals surface area contributed by atoms with Gasteiger partial charge in [-0.1, -0.05) is 18.2 Å². The smallest absolute Gasteiger partial charge is 0.247 e. The lowest BCUT2D eigenvalue weighted by molar-refractivity contribution is -0.117. The number of anilines is 2. The molecule has 3 aromatic rings. The quantitative estimate of drug-likeness (QED) is 0.641. The van der Waals surface area contributed by atoms with Gasteiger partial charge in [0, 0.05) is 5.69 Å². The van der Waals surface area contributed by atoms with Crippen LogP contribution in [0.5, 0.6) is 11.5 Å². The van der Waals surface area contributed by atoms with Crippen molar-refractivity contribution in [1.29, 1.82) is 0 Å². The molecule has 0 aliphatic heterocycles. The van der Waals surface area contributed by atoms with Crippen molar-refractivity contribution in [3.8, 4) is 11.5 Å². The average Bonchev–Trinajstić information content (AvgIpc) is 3.02. The summed E-state index contributed by atoms with van der Waals surface area (Å²) < 4.78 is 30.1. The van der Waals surface area contributed by atoms with E-state index in [0.29, 0.717) is 11.4 Å². The lowest BCUT2D eigenvalue weighted by Gasteiger charge is -2.08. The first-order valence-corrected chi connectivity index (χ1v) is 9.77. The van der Waals surface area contributed by atoms with Gasteiger partial charge in [0.2, 0.25) is 15.9 Å². The summed E-state index contributed by atoms with van der Waals surface area (Å²) >= 11 is 0. The summed E-state index contributed by atoms with van der Waals surface area (Å²) in [5, 5.41) is 10.4. The minimum Gasteiger partial charge on any atom is -0.457 e. The van der Waals surface area contributed by atoms with Gasteiger partial charge in [0.05, 0.1) is 12.5 Å². The number of carbonyl (C=O) groups is 1. The molecule has 0 atom stereocenters. The maximum atomic E-state index is 12.1. The predicted molar refractivity (Wildman–Crippen MR) is 100 cm³/mol. The number of carbonyl (C=O) groups excluding carboxylic acids is 1. The minimum atomic E-state index is -3.45. The highest BCUT2D eigenvalue weighted by molar-refractivity contribution is 7.92. The number of aromatic nitrogens is 3. The molecule has 9 nitrogen and oxygen atoms in total. The fraction of sp³-hybridized carbons (Fsp3) is 0.118. The molecule has 0 fully saturated rings. The summed E-state index contributed by atoms with van der Waals surface area (Å²) in [6, 6.07) is 16.3. The van der Waals surface area contributed by atoms with E-state index in [1.807, 2.05) is 30.3 Å². The van der Waals surface area contributed by atoms with Gasteiger partial charge < -0.3 is 10.1 Å². The fourth-order valence-electron chi connectivity index (χ4n) is 2.17. The molecule has 0 radical (unpaired) electrons. The standard InChI is InChI=1S/C17H17N5O4S/c1-27(24,25)21-16-11-18-22(20-16)12-17(23)19-13-7-9-15(10-8-13)26-14-5-3-2-4-6-14/h2-11H,12H2,1H3,(H,19,23)(H,20,21). The molecule has 0 unspecified atom stereocenters. The lowest BCUT2D eigenvalue weighted by atomic mass is 10.3. The van der Waals surface area contributed by atoms with Crippen LogP contribution in [0.15, 0.2) is 60.8 Å². The van der Waals surface area contributed by atoms with E-state index in [1.165, 1.54) is 6.20 Å². The number of rotatable bonds is 7. The first kappa shape index (κ1) is 18.4. The highest BCUT2D eigenvalue weighted by Gasteiger charge is 2.09. The molecule has 0 spiro atoms. The molecule has 1 amide bonds. The molecule has 10 heteroatoms. The first-order valence-electron chi connectivity index (χ1n) is 7.88. The Kier molecular flexibility index (Phi) is 5.36. The van der Waals surface area contributed by atoms with Crippen LogP contribution in [0, 0.1) is 0 Å². The minimum absolute atomic E-state index is 0.0488. The van der Waals surface area contributed by atoms with Crippen LogP contribution in [0.4, 0.5) is 11.5 Å². The van der Waals surface area contributed by atoms with Crippen molar-refractivity contribution in [2.75, 3.05) is 16.3 Å². The summed E-state index contributed by atoms with van der Waals surface area (Å²) in [6.45, 7) is -0.159. The van der Waals surface area contributed by atoms with Crippen molar-refractivity contribution in [3.05, 3.63) is 60.8 Å². The van der Waals surface area contributed by atoms with Crippen LogP contribution in [0.25, 0.3) is 0 Å². The van der Waals surface area contributed by atoms with Crippen molar-refractivity contribution < 1.29 is 17.9 Å². The lowest BCUT2D eigenvalue weighted by Crippen LogP contribution is -2.20. The molecule has 1 heterocycles. The summed E-state index contributed by atoms with van der Waals surface area (Å²) in [5.74, 6) is 1.06. The van der Waals surface area contributed by atoms with E-state index in [9.17, 15) is 13.2 Å². The van der Waals surface area contributed by atoms with E-state index < -0.39 is 10.0 Å². The van der Waals surface area contributed by atoms with Crippen LogP contribution < -0.4 is 14.8 Å². The summed E-state index contributed by atoms with van der Waals surface area (Å²) in [6.07, 6.45) is 2.23. The van der Waals surface area contributed by atoms with Gasteiger partial charge >= 0.3 is 0 Å². The average molecular weight is 387 g/mol. The third-order valence-electron chi connectivity index (χ3n) is 3.23. The molecule has 0 aliphatic rings. The maximum Gasteiger partial charge on any atom is 0.247 e. The summed E-state index contributed by atoms with van der Waals surface area (Å²) in [7, 11) is -3.45. The first-order chi connectivity index (χ1) is 12.9. The van der Waals surface area contributed by atoms with Crippen molar-refractivity contribution in [1.82, 2.24) is 15.0 Å². The summed E-state index contributed by atoms with van der Waals surface area (Å²) in [5.41, 5.74) is 0.585. The molecule has 27 heavy (non-hydrogen) atoms. The summed E-state index contributed by atoms with van der Waals surface area (Å²) in [4.78, 5) is 13.2. The van der Waals surface area contributed by atoms with Gasteiger partial charge in [-0.15, -0.1) is 5.10 Å². The molecule has 0 aliphatic carbocycles. The molecule has 0 saturated carbocycles. The number of para-hydroxylation sites is 1. The van der Waals surface area contributed by atoms with E-state index in [-0.39, 0.29) is 18.3 Å².